The number of ether oxygens (including phenoxy) is 1. The molecule has 0 radical (unpaired) electrons. The predicted octanol–water partition coefficient (Wildman–Crippen LogP) is 3.61. The molecule has 3 rings (SSSR count). The molecule has 0 fully saturated rings. The number of hydrogen-bond acceptors (Lipinski definition) is 4. The zero-order valence-electron chi connectivity index (χ0n) is 18.7. The van der Waals surface area contributed by atoms with Gasteiger partial charge in [-0.1, -0.05) is 29.3 Å². The van der Waals surface area contributed by atoms with Crippen molar-refractivity contribution in [3.63, 3.8) is 0 Å². The molecular formula is C24H26Cl2FN3O4. The van der Waals surface area contributed by atoms with E-state index in [1.807, 2.05) is 0 Å². The molecule has 10 heteroatoms. The van der Waals surface area contributed by atoms with Crippen LogP contribution in [0.3, 0.4) is 0 Å². The van der Waals surface area contributed by atoms with E-state index >= 15 is 0 Å². The first-order valence-corrected chi connectivity index (χ1v) is 11.7. The van der Waals surface area contributed by atoms with Gasteiger partial charge in [0.15, 0.2) is 0 Å². The Morgan fingerprint density at radius 1 is 1.21 bits per heavy atom. The number of fused-ring (bicyclic) bond motifs is 1. The van der Waals surface area contributed by atoms with E-state index in [-0.39, 0.29) is 48.5 Å². The standard InChI is InChI=1S/C24H26Cl2FN3O4/c1-15-14-34-21-8-7-16(25)11-18(21)24(33)28-9-2-3-10-30(13-22(31)29-15)23(32)12-17-19(26)5-4-6-20(17)27/h4-8,11,15H,2-3,9-10,12-14H2,1H3,(H,28,33)(H,29,31)/t15-/m1/s1. The first-order valence-electron chi connectivity index (χ1n) is 10.9. The lowest BCUT2D eigenvalue weighted by Gasteiger charge is -2.24. The second-order valence-corrected chi connectivity index (χ2v) is 8.92. The third-order valence-corrected chi connectivity index (χ3v) is 5.89. The van der Waals surface area contributed by atoms with Gasteiger partial charge in [-0.15, -0.1) is 0 Å². The molecule has 1 atom stereocenters. The van der Waals surface area contributed by atoms with Gasteiger partial charge < -0.3 is 20.3 Å². The van der Waals surface area contributed by atoms with Gasteiger partial charge in [-0.3, -0.25) is 14.4 Å². The molecule has 2 aromatic carbocycles. The van der Waals surface area contributed by atoms with Gasteiger partial charge in [0.2, 0.25) is 11.8 Å². The van der Waals surface area contributed by atoms with Gasteiger partial charge >= 0.3 is 0 Å². The molecule has 0 saturated heterocycles. The van der Waals surface area contributed by atoms with Crippen LogP contribution in [0.2, 0.25) is 10.0 Å². The van der Waals surface area contributed by atoms with Gasteiger partial charge in [-0.25, -0.2) is 4.39 Å². The summed E-state index contributed by atoms with van der Waals surface area (Å²) in [5.74, 6) is -1.33. The van der Waals surface area contributed by atoms with Crippen LogP contribution >= 0.6 is 23.2 Å². The number of halogens is 3. The molecule has 1 aliphatic rings. The molecule has 2 aromatic rings. The van der Waals surface area contributed by atoms with Gasteiger partial charge in [0.25, 0.3) is 5.91 Å². The van der Waals surface area contributed by atoms with Gasteiger partial charge in [0.1, 0.15) is 18.2 Å². The number of hydrogen-bond donors (Lipinski definition) is 2. The van der Waals surface area contributed by atoms with E-state index < -0.39 is 17.8 Å². The number of carbonyl (C=O) groups excluding carboxylic acids is 3. The first kappa shape index (κ1) is 25.8. The fourth-order valence-electron chi connectivity index (χ4n) is 3.54. The molecule has 0 bridgehead atoms. The summed E-state index contributed by atoms with van der Waals surface area (Å²) in [6.07, 6.45) is 0.827. The van der Waals surface area contributed by atoms with Crippen LogP contribution in [-0.4, -0.2) is 54.9 Å². The maximum Gasteiger partial charge on any atom is 0.255 e. The quantitative estimate of drug-likeness (QED) is 0.647. The minimum atomic E-state index is -0.572. The van der Waals surface area contributed by atoms with Crippen molar-refractivity contribution < 1.29 is 23.5 Å². The number of carbonyl (C=O) groups is 3. The smallest absolute Gasteiger partial charge is 0.255 e. The van der Waals surface area contributed by atoms with E-state index in [9.17, 15) is 18.8 Å². The molecule has 0 aliphatic carbocycles. The van der Waals surface area contributed by atoms with Crippen molar-refractivity contribution in [3.8, 4) is 5.75 Å². The van der Waals surface area contributed by atoms with Gasteiger partial charge in [0, 0.05) is 28.7 Å². The highest BCUT2D eigenvalue weighted by Gasteiger charge is 2.22. The normalized spacial score (nSPS) is 18.0. The Morgan fingerprint density at radius 3 is 2.76 bits per heavy atom. The lowest BCUT2D eigenvalue weighted by Crippen LogP contribution is -2.45. The Kier molecular flexibility index (Phi) is 9.12. The van der Waals surface area contributed by atoms with Crippen molar-refractivity contribution in [2.75, 3.05) is 26.2 Å². The summed E-state index contributed by atoms with van der Waals surface area (Å²) < 4.78 is 19.9. The Labute approximate surface area is 207 Å². The van der Waals surface area contributed by atoms with E-state index in [0.29, 0.717) is 35.7 Å². The summed E-state index contributed by atoms with van der Waals surface area (Å²) in [5.41, 5.74) is 0.399. The Morgan fingerprint density at radius 2 is 2.00 bits per heavy atom. The van der Waals surface area contributed by atoms with E-state index in [0.717, 1.165) is 0 Å². The van der Waals surface area contributed by atoms with E-state index in [4.69, 9.17) is 27.9 Å². The third kappa shape index (κ3) is 7.08. The minimum Gasteiger partial charge on any atom is -0.491 e. The monoisotopic (exact) mass is 509 g/mol. The molecule has 2 N–H and O–H groups in total. The molecule has 0 aromatic heterocycles. The highest BCUT2D eigenvalue weighted by atomic mass is 35.5. The molecule has 0 spiro atoms. The van der Waals surface area contributed by atoms with Crippen LogP contribution in [0.4, 0.5) is 4.39 Å². The predicted molar refractivity (Wildman–Crippen MR) is 128 cm³/mol. The van der Waals surface area contributed by atoms with E-state index in [1.165, 1.54) is 29.2 Å². The summed E-state index contributed by atoms with van der Waals surface area (Å²) in [4.78, 5) is 39.6. The SMILES string of the molecule is C[C@@H]1COc2ccc(Cl)cc2C(=O)NCCCCN(C(=O)Cc2c(F)cccc2Cl)CC(=O)N1. The molecule has 1 heterocycles. The Bertz CT molecular complexity index is 1050. The van der Waals surface area contributed by atoms with Gasteiger partial charge in [-0.2, -0.15) is 0 Å². The average Bonchev–Trinajstić information content (AvgIpc) is 2.79. The molecule has 0 saturated carbocycles. The molecular weight excluding hydrogens is 484 g/mol. The molecule has 7 nitrogen and oxygen atoms in total. The van der Waals surface area contributed by atoms with E-state index in [1.54, 1.807) is 19.1 Å². The number of nitrogens with zero attached hydrogens (tertiary/aromatic N) is 1. The zero-order valence-corrected chi connectivity index (χ0v) is 20.2. The fraction of sp³-hybridized carbons (Fsp3) is 0.375. The van der Waals surface area contributed by atoms with Crippen LogP contribution < -0.4 is 15.4 Å². The second-order valence-electron chi connectivity index (χ2n) is 8.08. The second kappa shape index (κ2) is 12.0. The van der Waals surface area contributed by atoms with Crippen molar-refractivity contribution in [2.45, 2.75) is 32.2 Å². The first-order chi connectivity index (χ1) is 16.2. The van der Waals surface area contributed by atoms with Crippen molar-refractivity contribution in [1.82, 2.24) is 15.5 Å². The molecule has 3 amide bonds. The fourth-order valence-corrected chi connectivity index (χ4v) is 3.94. The number of rotatable bonds is 2. The largest absolute Gasteiger partial charge is 0.491 e. The van der Waals surface area contributed by atoms with E-state index in [2.05, 4.69) is 10.6 Å². The molecule has 0 unspecified atom stereocenters. The maximum atomic E-state index is 14.2. The summed E-state index contributed by atoms with van der Waals surface area (Å²) in [6.45, 7) is 2.28. The van der Waals surface area contributed by atoms with Gasteiger partial charge in [0.05, 0.1) is 24.6 Å². The molecule has 1 aliphatic heterocycles. The van der Waals surface area contributed by atoms with Crippen molar-refractivity contribution in [1.29, 1.82) is 0 Å². The number of nitrogens with one attached hydrogen (secondary N) is 2. The van der Waals surface area contributed by atoms with Crippen LogP contribution in [0.1, 0.15) is 35.7 Å². The lowest BCUT2D eigenvalue weighted by atomic mass is 10.1. The maximum absolute atomic E-state index is 14.2. The van der Waals surface area contributed by atoms with Gasteiger partial charge in [-0.05, 0) is 50.1 Å². The zero-order chi connectivity index (χ0) is 24.7. The summed E-state index contributed by atoms with van der Waals surface area (Å²) >= 11 is 12.1. The topological polar surface area (TPSA) is 87.7 Å². The summed E-state index contributed by atoms with van der Waals surface area (Å²) in [6, 6.07) is 8.58. The summed E-state index contributed by atoms with van der Waals surface area (Å²) in [5, 5.41) is 6.17. The lowest BCUT2D eigenvalue weighted by molar-refractivity contribution is -0.135. The molecule has 34 heavy (non-hydrogen) atoms. The third-order valence-electron chi connectivity index (χ3n) is 5.30. The summed E-state index contributed by atoms with van der Waals surface area (Å²) in [7, 11) is 0. The minimum absolute atomic E-state index is 0.0934. The van der Waals surface area contributed by atoms with Crippen LogP contribution in [0.15, 0.2) is 36.4 Å². The van der Waals surface area contributed by atoms with Crippen LogP contribution in [0, 0.1) is 5.82 Å². The Balaban J connectivity index is 1.73. The molecule has 182 valence electrons. The number of benzene rings is 2. The highest BCUT2D eigenvalue weighted by molar-refractivity contribution is 6.31. The van der Waals surface area contributed by atoms with Crippen molar-refractivity contribution >= 4 is 40.9 Å². The van der Waals surface area contributed by atoms with Crippen LogP contribution in [-0.2, 0) is 16.0 Å². The van der Waals surface area contributed by atoms with Crippen molar-refractivity contribution in [3.05, 3.63) is 63.4 Å². The average molecular weight is 510 g/mol. The van der Waals surface area contributed by atoms with Crippen LogP contribution in [0.25, 0.3) is 0 Å². The number of amides is 3. The Hall–Kier alpha value is -2.84. The van der Waals surface area contributed by atoms with Crippen molar-refractivity contribution in [2.24, 2.45) is 0 Å². The van der Waals surface area contributed by atoms with Crippen LogP contribution in [0.5, 0.6) is 5.75 Å². The highest BCUT2D eigenvalue weighted by Crippen LogP contribution is 2.23.